The first-order chi connectivity index (χ1) is 10.3. The van der Waals surface area contributed by atoms with Crippen molar-refractivity contribution in [3.63, 3.8) is 0 Å². The topological polar surface area (TPSA) is 75.7 Å². The molecule has 1 rings (SSSR count). The zero-order valence-corrected chi connectivity index (χ0v) is 14.5. The molecule has 0 aliphatic carbocycles. The molecule has 1 N–H and O–H groups in total. The quantitative estimate of drug-likeness (QED) is 0.824. The maximum absolute atomic E-state index is 12.4. The van der Waals surface area contributed by atoms with Gasteiger partial charge in [0.2, 0.25) is 15.9 Å². The van der Waals surface area contributed by atoms with Crippen LogP contribution in [0.4, 0.5) is 0 Å². The van der Waals surface area contributed by atoms with Crippen LogP contribution >= 0.6 is 0 Å². The summed E-state index contributed by atoms with van der Waals surface area (Å²) >= 11 is 0. The van der Waals surface area contributed by atoms with E-state index >= 15 is 0 Å². The molecule has 0 bridgehead atoms. The van der Waals surface area contributed by atoms with Gasteiger partial charge in [-0.25, -0.2) is 8.42 Å². The first-order valence-corrected chi connectivity index (χ1v) is 8.70. The Morgan fingerprint density at radius 2 is 1.91 bits per heavy atom. The number of carbonyl (C=O) groups is 1. The smallest absolute Gasteiger partial charge is 0.241 e. The van der Waals surface area contributed by atoms with Crippen molar-refractivity contribution in [1.29, 1.82) is 0 Å². The van der Waals surface area contributed by atoms with Gasteiger partial charge < -0.3 is 9.64 Å². The molecule has 0 aliphatic heterocycles. The van der Waals surface area contributed by atoms with Crippen molar-refractivity contribution in [3.05, 3.63) is 23.8 Å². The summed E-state index contributed by atoms with van der Waals surface area (Å²) in [4.78, 5) is 13.9. The van der Waals surface area contributed by atoms with Crippen LogP contribution in [-0.4, -0.2) is 45.5 Å². The summed E-state index contributed by atoms with van der Waals surface area (Å²) in [6.45, 7) is 8.12. The van der Waals surface area contributed by atoms with E-state index in [-0.39, 0.29) is 10.8 Å². The van der Waals surface area contributed by atoms with Crippen LogP contribution in [0.1, 0.15) is 26.3 Å². The molecule has 0 radical (unpaired) electrons. The lowest BCUT2D eigenvalue weighted by Crippen LogP contribution is -2.46. The van der Waals surface area contributed by atoms with Gasteiger partial charge in [0.15, 0.2) is 0 Å². The summed E-state index contributed by atoms with van der Waals surface area (Å²) in [7, 11) is -2.23. The minimum Gasteiger partial charge on any atom is -0.496 e. The SMILES string of the molecule is CCN(CC)C(=O)[C@@H](C)NS(=O)(=O)c1ccc(OC)c(C)c1. The van der Waals surface area contributed by atoms with Gasteiger partial charge in [-0.3, -0.25) is 4.79 Å². The van der Waals surface area contributed by atoms with Gasteiger partial charge in [0.25, 0.3) is 0 Å². The number of hydrogen-bond acceptors (Lipinski definition) is 4. The highest BCUT2D eigenvalue weighted by atomic mass is 32.2. The molecule has 0 aromatic heterocycles. The third-order valence-corrected chi connectivity index (χ3v) is 4.99. The Kier molecular flexibility index (Phi) is 6.37. The third kappa shape index (κ3) is 4.20. The Morgan fingerprint density at radius 3 is 2.36 bits per heavy atom. The Bertz CT molecular complexity index is 624. The lowest BCUT2D eigenvalue weighted by molar-refractivity contribution is -0.132. The molecule has 6 nitrogen and oxygen atoms in total. The number of nitrogens with one attached hydrogen (secondary N) is 1. The fourth-order valence-electron chi connectivity index (χ4n) is 2.18. The van der Waals surface area contributed by atoms with Crippen LogP contribution in [0.15, 0.2) is 23.1 Å². The van der Waals surface area contributed by atoms with Crippen molar-refractivity contribution in [3.8, 4) is 5.75 Å². The monoisotopic (exact) mass is 328 g/mol. The predicted molar refractivity (Wildman–Crippen MR) is 85.4 cm³/mol. The van der Waals surface area contributed by atoms with Crippen molar-refractivity contribution in [1.82, 2.24) is 9.62 Å². The maximum Gasteiger partial charge on any atom is 0.241 e. The van der Waals surface area contributed by atoms with E-state index in [1.807, 2.05) is 13.8 Å². The standard InChI is InChI=1S/C15H24N2O4S/c1-6-17(7-2)15(18)12(4)16-22(19,20)13-8-9-14(21-5)11(3)10-13/h8-10,12,16H,6-7H2,1-5H3/t12-/m1/s1. The van der Waals surface area contributed by atoms with E-state index in [4.69, 9.17) is 4.74 Å². The zero-order chi connectivity index (χ0) is 16.9. The van der Waals surface area contributed by atoms with Gasteiger partial charge in [-0.2, -0.15) is 4.72 Å². The molecular weight excluding hydrogens is 304 g/mol. The number of likely N-dealkylation sites (N-methyl/N-ethyl adjacent to an activating group) is 1. The first kappa shape index (κ1) is 18.4. The summed E-state index contributed by atoms with van der Waals surface area (Å²) in [5.41, 5.74) is 0.716. The van der Waals surface area contributed by atoms with Crippen molar-refractivity contribution in [2.24, 2.45) is 0 Å². The molecule has 0 fully saturated rings. The molecule has 0 unspecified atom stereocenters. The molecule has 1 amide bonds. The fraction of sp³-hybridized carbons (Fsp3) is 0.533. The number of rotatable bonds is 7. The van der Waals surface area contributed by atoms with E-state index < -0.39 is 16.1 Å². The second kappa shape index (κ2) is 7.60. The van der Waals surface area contributed by atoms with E-state index in [0.717, 1.165) is 0 Å². The van der Waals surface area contributed by atoms with E-state index in [0.29, 0.717) is 24.4 Å². The normalized spacial score (nSPS) is 12.8. The Labute approximate surface area is 132 Å². The second-order valence-electron chi connectivity index (χ2n) is 4.98. The number of ether oxygens (including phenoxy) is 1. The van der Waals surface area contributed by atoms with Crippen LogP contribution in [0, 0.1) is 6.92 Å². The molecule has 124 valence electrons. The number of benzene rings is 1. The predicted octanol–water partition coefficient (Wildman–Crippen LogP) is 1.54. The average molecular weight is 328 g/mol. The van der Waals surface area contributed by atoms with Gasteiger partial charge in [-0.05, 0) is 51.5 Å². The highest BCUT2D eigenvalue weighted by molar-refractivity contribution is 7.89. The average Bonchev–Trinajstić information content (AvgIpc) is 2.47. The van der Waals surface area contributed by atoms with Crippen molar-refractivity contribution in [2.45, 2.75) is 38.6 Å². The van der Waals surface area contributed by atoms with Gasteiger partial charge in [0.05, 0.1) is 18.0 Å². The number of amides is 1. The summed E-state index contributed by atoms with van der Waals surface area (Å²) in [6.07, 6.45) is 0. The van der Waals surface area contributed by atoms with E-state index in [1.165, 1.54) is 19.2 Å². The van der Waals surface area contributed by atoms with Crippen LogP contribution in [0.2, 0.25) is 0 Å². The van der Waals surface area contributed by atoms with Crippen molar-refractivity contribution in [2.75, 3.05) is 20.2 Å². The minimum atomic E-state index is -3.76. The first-order valence-electron chi connectivity index (χ1n) is 7.22. The summed E-state index contributed by atoms with van der Waals surface area (Å²) in [6, 6.07) is 3.77. The maximum atomic E-state index is 12.4. The largest absolute Gasteiger partial charge is 0.496 e. The zero-order valence-electron chi connectivity index (χ0n) is 13.7. The van der Waals surface area contributed by atoms with Crippen LogP contribution in [0.25, 0.3) is 0 Å². The number of hydrogen-bond donors (Lipinski definition) is 1. The van der Waals surface area contributed by atoms with E-state index in [9.17, 15) is 13.2 Å². The molecule has 0 heterocycles. The molecule has 7 heteroatoms. The van der Waals surface area contributed by atoms with Gasteiger partial charge in [0, 0.05) is 13.1 Å². The van der Waals surface area contributed by atoms with Gasteiger partial charge in [-0.1, -0.05) is 0 Å². The molecule has 1 aromatic rings. The van der Waals surface area contributed by atoms with Gasteiger partial charge in [-0.15, -0.1) is 0 Å². The highest BCUT2D eigenvalue weighted by Gasteiger charge is 2.25. The molecule has 0 aliphatic rings. The fourth-order valence-corrected chi connectivity index (χ4v) is 3.46. The van der Waals surface area contributed by atoms with Gasteiger partial charge >= 0.3 is 0 Å². The number of carbonyl (C=O) groups excluding carboxylic acids is 1. The minimum absolute atomic E-state index is 0.116. The number of aryl methyl sites for hydroxylation is 1. The third-order valence-electron chi connectivity index (χ3n) is 3.45. The number of sulfonamides is 1. The molecule has 0 saturated carbocycles. The molecule has 22 heavy (non-hydrogen) atoms. The van der Waals surface area contributed by atoms with E-state index in [1.54, 1.807) is 24.8 Å². The lowest BCUT2D eigenvalue weighted by atomic mass is 10.2. The van der Waals surface area contributed by atoms with Crippen molar-refractivity contribution < 1.29 is 17.9 Å². The summed E-state index contributed by atoms with van der Waals surface area (Å²) in [5.74, 6) is 0.380. The molecule has 0 spiro atoms. The Hall–Kier alpha value is -1.60. The number of methoxy groups -OCH3 is 1. The van der Waals surface area contributed by atoms with Crippen LogP contribution in [0.5, 0.6) is 5.75 Å². The van der Waals surface area contributed by atoms with Crippen LogP contribution < -0.4 is 9.46 Å². The summed E-state index contributed by atoms with van der Waals surface area (Å²) < 4.78 is 32.3. The lowest BCUT2D eigenvalue weighted by Gasteiger charge is -2.23. The van der Waals surface area contributed by atoms with Crippen LogP contribution in [-0.2, 0) is 14.8 Å². The van der Waals surface area contributed by atoms with Crippen molar-refractivity contribution >= 4 is 15.9 Å². The number of nitrogens with zero attached hydrogens (tertiary/aromatic N) is 1. The second-order valence-corrected chi connectivity index (χ2v) is 6.70. The van der Waals surface area contributed by atoms with E-state index in [2.05, 4.69) is 4.72 Å². The highest BCUT2D eigenvalue weighted by Crippen LogP contribution is 2.21. The molecule has 1 atom stereocenters. The Balaban J connectivity index is 2.96. The molecular formula is C15H24N2O4S. The molecule has 1 aromatic carbocycles. The Morgan fingerprint density at radius 1 is 1.32 bits per heavy atom. The van der Waals surface area contributed by atoms with Gasteiger partial charge in [0.1, 0.15) is 5.75 Å². The van der Waals surface area contributed by atoms with Crippen LogP contribution in [0.3, 0.4) is 0 Å². The summed E-state index contributed by atoms with van der Waals surface area (Å²) in [5, 5.41) is 0. The molecule has 0 saturated heterocycles.